The molecule has 0 atom stereocenters. The van der Waals surface area contributed by atoms with Crippen LogP contribution in [0.3, 0.4) is 0 Å². The maximum absolute atomic E-state index is 12.1. The van der Waals surface area contributed by atoms with Crippen LogP contribution in [0.15, 0.2) is 53.3 Å². The average molecular weight is 316 g/mol. The Labute approximate surface area is 118 Å². The van der Waals surface area contributed by atoms with E-state index in [-0.39, 0.29) is 5.91 Å². The Bertz CT molecular complexity index is 738. The number of carbonyl (C=O) groups is 1. The highest BCUT2D eigenvalue weighted by Crippen LogP contribution is 2.24. The number of H-pyrrole nitrogens is 1. The second kappa shape index (κ2) is 4.85. The number of benzene rings is 2. The van der Waals surface area contributed by atoms with E-state index in [2.05, 4.69) is 31.4 Å². The monoisotopic (exact) mass is 315 g/mol. The van der Waals surface area contributed by atoms with Crippen LogP contribution in [0, 0.1) is 0 Å². The van der Waals surface area contributed by atoms with Crippen LogP contribution in [0.5, 0.6) is 0 Å². The van der Waals surface area contributed by atoms with Crippen molar-refractivity contribution < 1.29 is 4.79 Å². The lowest BCUT2D eigenvalue weighted by Gasteiger charge is -2.05. The van der Waals surface area contributed by atoms with Crippen molar-refractivity contribution in [2.24, 2.45) is 0 Å². The zero-order valence-electron chi connectivity index (χ0n) is 9.85. The van der Waals surface area contributed by atoms with Gasteiger partial charge in [-0.05, 0) is 29.0 Å². The van der Waals surface area contributed by atoms with Gasteiger partial charge >= 0.3 is 0 Å². The molecule has 0 aliphatic carbocycles. The van der Waals surface area contributed by atoms with E-state index in [4.69, 9.17) is 0 Å². The molecular formula is C14H10BrN3O. The molecule has 3 rings (SSSR count). The number of hydrogen-bond acceptors (Lipinski definition) is 2. The minimum Gasteiger partial charge on any atom is -0.319 e. The van der Waals surface area contributed by atoms with Crippen LogP contribution in [-0.2, 0) is 0 Å². The second-order valence-corrected chi connectivity index (χ2v) is 4.97. The third kappa shape index (κ3) is 2.37. The summed E-state index contributed by atoms with van der Waals surface area (Å²) in [5.74, 6) is -0.150. The van der Waals surface area contributed by atoms with Crippen molar-refractivity contribution in [3.05, 3.63) is 58.8 Å². The molecule has 2 aromatic carbocycles. The van der Waals surface area contributed by atoms with Gasteiger partial charge in [0.15, 0.2) is 0 Å². The van der Waals surface area contributed by atoms with Crippen molar-refractivity contribution in [2.75, 3.05) is 5.32 Å². The van der Waals surface area contributed by atoms with Crippen LogP contribution in [0.25, 0.3) is 10.8 Å². The molecule has 1 amide bonds. The van der Waals surface area contributed by atoms with Crippen molar-refractivity contribution in [2.45, 2.75) is 0 Å². The van der Waals surface area contributed by atoms with Crippen molar-refractivity contribution in [1.82, 2.24) is 10.2 Å². The normalized spacial score (nSPS) is 10.6. The summed E-state index contributed by atoms with van der Waals surface area (Å²) in [5.41, 5.74) is 1.27. The Kier molecular flexibility index (Phi) is 3.05. The van der Waals surface area contributed by atoms with Gasteiger partial charge in [0.05, 0.1) is 11.9 Å². The Balaban J connectivity index is 1.95. The predicted molar refractivity (Wildman–Crippen MR) is 78.2 cm³/mol. The van der Waals surface area contributed by atoms with Crippen LogP contribution in [0.4, 0.5) is 5.69 Å². The van der Waals surface area contributed by atoms with E-state index in [9.17, 15) is 4.79 Å². The molecule has 0 spiro atoms. The number of hydrogen-bond donors (Lipinski definition) is 2. The van der Waals surface area contributed by atoms with Crippen molar-refractivity contribution in [3.8, 4) is 0 Å². The number of anilines is 1. The number of nitrogens with one attached hydrogen (secondary N) is 2. The van der Waals surface area contributed by atoms with Crippen molar-refractivity contribution in [3.63, 3.8) is 0 Å². The third-order valence-electron chi connectivity index (χ3n) is 2.85. The SMILES string of the molecule is O=C(Nc1cn[nH]c1)c1ccc2c(Br)cccc2c1. The summed E-state index contributed by atoms with van der Waals surface area (Å²) in [5, 5.41) is 11.3. The molecular weight excluding hydrogens is 306 g/mol. The van der Waals surface area contributed by atoms with Gasteiger partial charge in [-0.1, -0.05) is 34.1 Å². The summed E-state index contributed by atoms with van der Waals surface area (Å²) in [6.07, 6.45) is 3.20. The zero-order chi connectivity index (χ0) is 13.2. The molecule has 0 unspecified atom stereocenters. The molecule has 94 valence electrons. The third-order valence-corrected chi connectivity index (χ3v) is 3.54. The first-order chi connectivity index (χ1) is 9.24. The molecule has 0 radical (unpaired) electrons. The van der Waals surface area contributed by atoms with Gasteiger partial charge in [0.25, 0.3) is 5.91 Å². The van der Waals surface area contributed by atoms with E-state index in [0.29, 0.717) is 11.3 Å². The second-order valence-electron chi connectivity index (χ2n) is 4.12. The van der Waals surface area contributed by atoms with Gasteiger partial charge in [0.1, 0.15) is 0 Å². The molecule has 0 fully saturated rings. The van der Waals surface area contributed by atoms with Gasteiger partial charge in [-0.2, -0.15) is 5.10 Å². The summed E-state index contributed by atoms with van der Waals surface area (Å²) in [6.45, 7) is 0. The van der Waals surface area contributed by atoms with E-state index >= 15 is 0 Å². The quantitative estimate of drug-likeness (QED) is 0.759. The molecule has 0 aliphatic rings. The topological polar surface area (TPSA) is 57.8 Å². The Hall–Kier alpha value is -2.14. The van der Waals surface area contributed by atoms with Gasteiger partial charge in [-0.3, -0.25) is 9.89 Å². The number of aromatic nitrogens is 2. The molecule has 0 saturated heterocycles. The van der Waals surface area contributed by atoms with Crippen LogP contribution in [0.2, 0.25) is 0 Å². The van der Waals surface area contributed by atoms with E-state index in [1.165, 1.54) is 0 Å². The van der Waals surface area contributed by atoms with Gasteiger partial charge in [0.2, 0.25) is 0 Å². The van der Waals surface area contributed by atoms with Crippen LogP contribution in [-0.4, -0.2) is 16.1 Å². The fourth-order valence-corrected chi connectivity index (χ4v) is 2.42. The van der Waals surface area contributed by atoms with E-state index in [1.807, 2.05) is 36.4 Å². The molecule has 2 N–H and O–H groups in total. The number of fused-ring (bicyclic) bond motifs is 1. The smallest absolute Gasteiger partial charge is 0.255 e. The lowest BCUT2D eigenvalue weighted by atomic mass is 10.1. The summed E-state index contributed by atoms with van der Waals surface area (Å²) >= 11 is 3.49. The summed E-state index contributed by atoms with van der Waals surface area (Å²) < 4.78 is 1.02. The number of halogens is 1. The summed E-state index contributed by atoms with van der Waals surface area (Å²) in [6, 6.07) is 11.5. The maximum Gasteiger partial charge on any atom is 0.255 e. The first kappa shape index (κ1) is 11.9. The molecule has 0 saturated carbocycles. The molecule has 1 heterocycles. The molecule has 3 aromatic rings. The number of carbonyl (C=O) groups excluding carboxylic acids is 1. The van der Waals surface area contributed by atoms with E-state index < -0.39 is 0 Å². The first-order valence-electron chi connectivity index (χ1n) is 5.72. The standard InChI is InChI=1S/C14H10BrN3O/c15-13-3-1-2-9-6-10(4-5-12(9)13)14(19)18-11-7-16-17-8-11/h1-8H,(H,16,17)(H,18,19). The van der Waals surface area contributed by atoms with Crippen LogP contribution >= 0.6 is 15.9 Å². The van der Waals surface area contributed by atoms with Gasteiger partial charge < -0.3 is 5.32 Å². The van der Waals surface area contributed by atoms with Crippen molar-refractivity contribution >= 4 is 38.3 Å². The molecule has 0 bridgehead atoms. The minimum absolute atomic E-state index is 0.150. The molecule has 5 heteroatoms. The largest absolute Gasteiger partial charge is 0.319 e. The van der Waals surface area contributed by atoms with Gasteiger partial charge in [-0.15, -0.1) is 0 Å². The lowest BCUT2D eigenvalue weighted by Crippen LogP contribution is -2.11. The molecule has 1 aromatic heterocycles. The number of rotatable bonds is 2. The highest BCUT2D eigenvalue weighted by atomic mass is 79.9. The van der Waals surface area contributed by atoms with Gasteiger partial charge in [0, 0.05) is 16.2 Å². The predicted octanol–water partition coefficient (Wildman–Crippen LogP) is 3.58. The number of amides is 1. The minimum atomic E-state index is -0.150. The highest BCUT2D eigenvalue weighted by Gasteiger charge is 2.08. The first-order valence-corrected chi connectivity index (χ1v) is 6.52. The lowest BCUT2D eigenvalue weighted by molar-refractivity contribution is 0.102. The fourth-order valence-electron chi connectivity index (χ4n) is 1.91. The summed E-state index contributed by atoms with van der Waals surface area (Å²) in [4.78, 5) is 12.1. The number of aromatic amines is 1. The van der Waals surface area contributed by atoms with Crippen LogP contribution in [0.1, 0.15) is 10.4 Å². The van der Waals surface area contributed by atoms with Gasteiger partial charge in [-0.25, -0.2) is 0 Å². The number of nitrogens with zero attached hydrogens (tertiary/aromatic N) is 1. The molecule has 19 heavy (non-hydrogen) atoms. The fraction of sp³-hybridized carbons (Fsp3) is 0. The molecule has 4 nitrogen and oxygen atoms in total. The summed E-state index contributed by atoms with van der Waals surface area (Å²) in [7, 11) is 0. The van der Waals surface area contributed by atoms with E-state index in [1.54, 1.807) is 12.4 Å². The average Bonchev–Trinajstić information content (AvgIpc) is 2.91. The Morgan fingerprint density at radius 2 is 2.16 bits per heavy atom. The zero-order valence-corrected chi connectivity index (χ0v) is 11.4. The molecule has 0 aliphatic heterocycles. The highest BCUT2D eigenvalue weighted by molar-refractivity contribution is 9.10. The Morgan fingerprint density at radius 1 is 1.26 bits per heavy atom. The maximum atomic E-state index is 12.1. The van der Waals surface area contributed by atoms with Crippen LogP contribution < -0.4 is 5.32 Å². The Morgan fingerprint density at radius 3 is 2.95 bits per heavy atom. The van der Waals surface area contributed by atoms with E-state index in [0.717, 1.165) is 15.2 Å². The van der Waals surface area contributed by atoms with Crippen molar-refractivity contribution in [1.29, 1.82) is 0 Å².